The van der Waals surface area contributed by atoms with Gasteiger partial charge in [0.25, 0.3) is 10.0 Å². The predicted molar refractivity (Wildman–Crippen MR) is 167 cm³/mol. The number of amides is 2. The maximum atomic E-state index is 14.2. The first-order valence-corrected chi connectivity index (χ1v) is 15.4. The molecule has 0 saturated heterocycles. The zero-order chi connectivity index (χ0) is 30.3. The van der Waals surface area contributed by atoms with Crippen molar-refractivity contribution in [3.63, 3.8) is 0 Å². The van der Waals surface area contributed by atoms with Gasteiger partial charge < -0.3 is 10.2 Å². The highest BCUT2D eigenvalue weighted by Crippen LogP contribution is 2.31. The van der Waals surface area contributed by atoms with Gasteiger partial charge in [-0.05, 0) is 48.4 Å². The molecule has 7 nitrogen and oxygen atoms in total. The highest BCUT2D eigenvalue weighted by atomic mass is 35.5. The number of likely N-dealkylation sites (N-methyl/N-ethyl adjacent to an activating group) is 1. The Hall–Kier alpha value is -3.85. The minimum Gasteiger partial charge on any atom is -0.357 e. The summed E-state index contributed by atoms with van der Waals surface area (Å²) in [7, 11) is -2.72. The van der Waals surface area contributed by atoms with Crippen LogP contribution in [0.3, 0.4) is 0 Å². The summed E-state index contributed by atoms with van der Waals surface area (Å²) in [6, 6.07) is 28.4. The van der Waals surface area contributed by atoms with E-state index in [9.17, 15) is 18.0 Å². The van der Waals surface area contributed by atoms with Gasteiger partial charge in [0.05, 0.1) is 20.6 Å². The Bertz CT molecular complexity index is 1630. The van der Waals surface area contributed by atoms with Crippen LogP contribution in [0.2, 0.25) is 10.0 Å². The Morgan fingerprint density at radius 2 is 1.40 bits per heavy atom. The normalized spacial score (nSPS) is 11.9. The zero-order valence-electron chi connectivity index (χ0n) is 23.2. The molecule has 0 aliphatic carbocycles. The molecular formula is C32H31Cl2N3O4S. The molecule has 0 heterocycles. The minimum absolute atomic E-state index is 0.00807. The SMILES string of the molecule is CNC(=O)C(Cc1ccccc1)N(Cc1ccccc1)C(=O)CN(c1ccc(Cl)c(Cl)c1)S(=O)(=O)c1ccc(C)cc1. The van der Waals surface area contributed by atoms with Crippen LogP contribution >= 0.6 is 23.2 Å². The number of rotatable bonds is 11. The smallest absolute Gasteiger partial charge is 0.264 e. The zero-order valence-corrected chi connectivity index (χ0v) is 25.5. The average Bonchev–Trinajstić information content (AvgIpc) is 2.99. The first kappa shape index (κ1) is 31.1. The number of aryl methyl sites for hydroxylation is 1. The number of hydrogen-bond donors (Lipinski definition) is 1. The van der Waals surface area contributed by atoms with Crippen molar-refractivity contribution in [2.24, 2.45) is 0 Å². The molecule has 1 unspecified atom stereocenters. The van der Waals surface area contributed by atoms with Crippen LogP contribution in [0.5, 0.6) is 0 Å². The third kappa shape index (κ3) is 7.50. The van der Waals surface area contributed by atoms with Gasteiger partial charge >= 0.3 is 0 Å². The summed E-state index contributed by atoms with van der Waals surface area (Å²) >= 11 is 12.4. The Morgan fingerprint density at radius 3 is 1.98 bits per heavy atom. The first-order valence-electron chi connectivity index (χ1n) is 13.2. The average molecular weight is 625 g/mol. The molecule has 4 rings (SSSR count). The Morgan fingerprint density at radius 1 is 0.810 bits per heavy atom. The molecule has 0 bridgehead atoms. The van der Waals surface area contributed by atoms with Gasteiger partial charge in [0, 0.05) is 20.0 Å². The van der Waals surface area contributed by atoms with Gasteiger partial charge in [-0.1, -0.05) is 102 Å². The van der Waals surface area contributed by atoms with Crippen LogP contribution in [0.1, 0.15) is 16.7 Å². The number of hydrogen-bond acceptors (Lipinski definition) is 4. The fourth-order valence-corrected chi connectivity index (χ4v) is 6.21. The summed E-state index contributed by atoms with van der Waals surface area (Å²) < 4.78 is 29.0. The highest BCUT2D eigenvalue weighted by Gasteiger charge is 2.34. The van der Waals surface area contributed by atoms with Crippen LogP contribution in [-0.2, 0) is 32.6 Å². The summed E-state index contributed by atoms with van der Waals surface area (Å²) in [5.41, 5.74) is 2.69. The van der Waals surface area contributed by atoms with Crippen LogP contribution in [-0.4, -0.2) is 44.8 Å². The monoisotopic (exact) mass is 623 g/mol. The van der Waals surface area contributed by atoms with Gasteiger partial charge in [0.2, 0.25) is 11.8 Å². The van der Waals surface area contributed by atoms with E-state index in [1.54, 1.807) is 12.1 Å². The van der Waals surface area contributed by atoms with Gasteiger partial charge in [0.1, 0.15) is 12.6 Å². The summed E-state index contributed by atoms with van der Waals surface area (Å²) in [6.07, 6.45) is 0.233. The third-order valence-corrected chi connectivity index (χ3v) is 9.32. The molecule has 0 aliphatic rings. The highest BCUT2D eigenvalue weighted by molar-refractivity contribution is 7.92. The summed E-state index contributed by atoms with van der Waals surface area (Å²) in [4.78, 5) is 29.0. The number of anilines is 1. The number of benzene rings is 4. The van der Waals surface area contributed by atoms with Gasteiger partial charge in [-0.3, -0.25) is 13.9 Å². The maximum absolute atomic E-state index is 14.2. The molecule has 1 N–H and O–H groups in total. The second-order valence-corrected chi connectivity index (χ2v) is 12.4. The van der Waals surface area contributed by atoms with Gasteiger partial charge in [-0.25, -0.2) is 8.42 Å². The van der Waals surface area contributed by atoms with Crippen molar-refractivity contribution in [3.05, 3.63) is 130 Å². The van der Waals surface area contributed by atoms with E-state index in [0.717, 1.165) is 21.0 Å². The van der Waals surface area contributed by atoms with Crippen LogP contribution in [0.4, 0.5) is 5.69 Å². The Balaban J connectivity index is 1.79. The lowest BCUT2D eigenvalue weighted by Crippen LogP contribution is -2.53. The molecule has 0 fully saturated rings. The van der Waals surface area contributed by atoms with Crippen molar-refractivity contribution in [1.82, 2.24) is 10.2 Å². The summed E-state index contributed by atoms with van der Waals surface area (Å²) in [5, 5.41) is 3.05. The third-order valence-electron chi connectivity index (χ3n) is 6.79. The Labute approximate surface area is 256 Å². The lowest BCUT2D eigenvalue weighted by atomic mass is 10.0. The fourth-order valence-electron chi connectivity index (χ4n) is 4.51. The van der Waals surface area contributed by atoms with E-state index in [2.05, 4.69) is 5.32 Å². The quantitative estimate of drug-likeness (QED) is 0.226. The molecule has 0 radical (unpaired) electrons. The fraction of sp³-hybridized carbons (Fsp3) is 0.188. The second kappa shape index (κ2) is 13.9. The van der Waals surface area contributed by atoms with Gasteiger partial charge in [-0.2, -0.15) is 0 Å². The van der Waals surface area contributed by atoms with E-state index in [4.69, 9.17) is 23.2 Å². The molecule has 0 aliphatic heterocycles. The molecule has 1 atom stereocenters. The van der Waals surface area contributed by atoms with Crippen LogP contribution in [0.15, 0.2) is 108 Å². The van der Waals surface area contributed by atoms with Crippen molar-refractivity contribution in [1.29, 1.82) is 0 Å². The van der Waals surface area contributed by atoms with Crippen molar-refractivity contribution in [2.75, 3.05) is 17.9 Å². The van der Waals surface area contributed by atoms with Gasteiger partial charge in [0.15, 0.2) is 0 Å². The maximum Gasteiger partial charge on any atom is 0.264 e. The van der Waals surface area contributed by atoms with Crippen LogP contribution in [0, 0.1) is 6.92 Å². The molecule has 0 saturated carbocycles. The predicted octanol–water partition coefficient (Wildman–Crippen LogP) is 5.88. The second-order valence-electron chi connectivity index (χ2n) is 9.75. The molecule has 2 amide bonds. The number of carbonyl (C=O) groups is 2. The summed E-state index contributed by atoms with van der Waals surface area (Å²) in [6.45, 7) is 1.36. The van der Waals surface area contributed by atoms with Crippen molar-refractivity contribution in [3.8, 4) is 0 Å². The van der Waals surface area contributed by atoms with Crippen LogP contribution < -0.4 is 9.62 Å². The molecular weight excluding hydrogens is 593 g/mol. The van der Waals surface area contributed by atoms with E-state index in [0.29, 0.717) is 0 Å². The minimum atomic E-state index is -4.23. The lowest BCUT2D eigenvalue weighted by Gasteiger charge is -2.33. The molecule has 0 aromatic heterocycles. The molecule has 218 valence electrons. The lowest BCUT2D eigenvalue weighted by molar-refractivity contribution is -0.139. The van der Waals surface area contributed by atoms with Crippen molar-refractivity contribution < 1.29 is 18.0 Å². The Kier molecular flexibility index (Phi) is 10.3. The van der Waals surface area contributed by atoms with E-state index in [1.165, 1.54) is 42.3 Å². The largest absolute Gasteiger partial charge is 0.357 e. The van der Waals surface area contributed by atoms with E-state index < -0.39 is 28.5 Å². The standard InChI is InChI=1S/C32H31Cl2N3O4S/c1-23-13-16-27(17-14-23)42(40,41)37(26-15-18-28(33)29(34)20-26)22-31(38)36(21-25-11-7-4-8-12-25)30(32(39)35-2)19-24-9-5-3-6-10-24/h3-18,20,30H,19,21-22H2,1-2H3,(H,35,39). The van der Waals surface area contributed by atoms with Crippen molar-refractivity contribution in [2.45, 2.75) is 30.8 Å². The van der Waals surface area contributed by atoms with E-state index >= 15 is 0 Å². The molecule has 4 aromatic rings. The first-order chi connectivity index (χ1) is 20.1. The topological polar surface area (TPSA) is 86.8 Å². The number of sulfonamides is 1. The molecule has 4 aromatic carbocycles. The number of carbonyl (C=O) groups excluding carboxylic acids is 2. The van der Waals surface area contributed by atoms with Crippen molar-refractivity contribution >= 4 is 50.7 Å². The van der Waals surface area contributed by atoms with E-state index in [-0.39, 0.29) is 39.5 Å². The number of nitrogens with one attached hydrogen (secondary N) is 1. The number of nitrogens with zero attached hydrogens (tertiary/aromatic N) is 2. The van der Waals surface area contributed by atoms with E-state index in [1.807, 2.05) is 67.6 Å². The molecule has 10 heteroatoms. The number of halogens is 2. The molecule has 42 heavy (non-hydrogen) atoms. The summed E-state index contributed by atoms with van der Waals surface area (Å²) in [5.74, 6) is -0.934. The molecule has 0 spiro atoms. The van der Waals surface area contributed by atoms with Gasteiger partial charge in [-0.15, -0.1) is 0 Å². The van der Waals surface area contributed by atoms with Crippen LogP contribution in [0.25, 0.3) is 0 Å².